The molecular weight excluding hydrogens is 420 g/mol. The lowest BCUT2D eigenvalue weighted by atomic mass is 10.1. The molecule has 3 aromatic carbocycles. The Labute approximate surface area is 196 Å². The van der Waals surface area contributed by atoms with Crippen LogP contribution < -0.4 is 10.6 Å². The second-order valence-electron chi connectivity index (χ2n) is 8.26. The first kappa shape index (κ1) is 19.9. The van der Waals surface area contributed by atoms with Crippen molar-refractivity contribution < 1.29 is 0 Å². The number of hydrogen-bond donors (Lipinski definition) is 3. The van der Waals surface area contributed by atoms with Crippen molar-refractivity contribution in [1.29, 1.82) is 0 Å². The largest absolute Gasteiger partial charge is 0.355 e. The zero-order chi connectivity index (χ0) is 22.9. The van der Waals surface area contributed by atoms with Gasteiger partial charge in [0.1, 0.15) is 5.82 Å². The molecule has 0 amide bonds. The van der Waals surface area contributed by atoms with Gasteiger partial charge in [-0.3, -0.25) is 9.97 Å². The van der Waals surface area contributed by atoms with E-state index in [9.17, 15) is 0 Å². The molecular formula is C28H22N6. The van der Waals surface area contributed by atoms with Crippen LogP contribution in [0.15, 0.2) is 97.5 Å². The molecule has 0 atom stereocenters. The van der Waals surface area contributed by atoms with Gasteiger partial charge in [-0.1, -0.05) is 23.8 Å². The quantitative estimate of drug-likeness (QED) is 0.269. The maximum absolute atomic E-state index is 4.81. The summed E-state index contributed by atoms with van der Waals surface area (Å²) in [5, 5.41) is 8.06. The maximum atomic E-state index is 4.81. The number of benzene rings is 3. The summed E-state index contributed by atoms with van der Waals surface area (Å²) in [4.78, 5) is 16.8. The van der Waals surface area contributed by atoms with Crippen molar-refractivity contribution in [3.63, 3.8) is 0 Å². The normalized spacial score (nSPS) is 11.1. The van der Waals surface area contributed by atoms with Crippen LogP contribution in [0.1, 0.15) is 5.56 Å². The Morgan fingerprint density at radius 2 is 1.56 bits per heavy atom. The zero-order valence-corrected chi connectivity index (χ0v) is 18.6. The van der Waals surface area contributed by atoms with Crippen molar-refractivity contribution in [3.8, 4) is 11.4 Å². The lowest BCUT2D eigenvalue weighted by molar-refractivity contribution is 1.32. The van der Waals surface area contributed by atoms with E-state index < -0.39 is 0 Å². The van der Waals surface area contributed by atoms with E-state index in [1.807, 2.05) is 42.6 Å². The van der Waals surface area contributed by atoms with Crippen molar-refractivity contribution in [3.05, 3.63) is 103 Å². The molecule has 6 heteroatoms. The molecule has 0 saturated carbocycles. The van der Waals surface area contributed by atoms with Crippen LogP contribution in [0.3, 0.4) is 0 Å². The summed E-state index contributed by atoms with van der Waals surface area (Å²) in [7, 11) is 0. The Balaban J connectivity index is 1.30. The summed E-state index contributed by atoms with van der Waals surface area (Å²) in [5.74, 6) is 0.829. The van der Waals surface area contributed by atoms with Gasteiger partial charge in [-0.15, -0.1) is 0 Å². The first-order chi connectivity index (χ1) is 16.7. The van der Waals surface area contributed by atoms with Crippen molar-refractivity contribution in [2.75, 3.05) is 10.6 Å². The summed E-state index contributed by atoms with van der Waals surface area (Å²) in [6.45, 7) is 2.09. The van der Waals surface area contributed by atoms with Gasteiger partial charge in [0.2, 0.25) is 0 Å². The molecule has 164 valence electrons. The highest BCUT2D eigenvalue weighted by atomic mass is 14.9. The molecule has 0 saturated heterocycles. The van der Waals surface area contributed by atoms with Gasteiger partial charge in [-0.25, -0.2) is 4.98 Å². The fraction of sp³-hybridized carbons (Fsp3) is 0.0357. The lowest BCUT2D eigenvalue weighted by Gasteiger charge is -2.11. The molecule has 0 radical (unpaired) electrons. The van der Waals surface area contributed by atoms with E-state index in [1.165, 1.54) is 5.56 Å². The molecule has 0 unspecified atom stereocenters. The number of aryl methyl sites for hydroxylation is 1. The molecule has 0 aliphatic carbocycles. The minimum absolute atomic E-state index is 0.829. The molecule has 0 bridgehead atoms. The first-order valence-corrected chi connectivity index (χ1v) is 11.1. The number of hydrogen-bond acceptors (Lipinski definition) is 5. The molecule has 0 aliphatic rings. The average molecular weight is 443 g/mol. The van der Waals surface area contributed by atoms with Crippen LogP contribution in [-0.2, 0) is 0 Å². The van der Waals surface area contributed by atoms with Crippen LogP contribution in [0.5, 0.6) is 0 Å². The van der Waals surface area contributed by atoms with E-state index in [2.05, 4.69) is 75.0 Å². The van der Waals surface area contributed by atoms with Crippen molar-refractivity contribution in [1.82, 2.24) is 19.9 Å². The van der Waals surface area contributed by atoms with E-state index in [-0.39, 0.29) is 0 Å². The molecule has 0 aliphatic heterocycles. The molecule has 3 aromatic heterocycles. The predicted molar refractivity (Wildman–Crippen MR) is 139 cm³/mol. The van der Waals surface area contributed by atoms with Crippen LogP contribution in [0.4, 0.5) is 22.7 Å². The smallest absolute Gasteiger partial charge is 0.138 e. The summed E-state index contributed by atoms with van der Waals surface area (Å²) in [5.41, 5.74) is 9.09. The number of H-pyrrole nitrogens is 1. The highest BCUT2D eigenvalue weighted by molar-refractivity contribution is 5.93. The monoisotopic (exact) mass is 442 g/mol. The molecule has 6 rings (SSSR count). The Morgan fingerprint density at radius 3 is 2.47 bits per heavy atom. The van der Waals surface area contributed by atoms with Gasteiger partial charge in [0.15, 0.2) is 0 Å². The van der Waals surface area contributed by atoms with E-state index in [1.54, 1.807) is 12.4 Å². The second kappa shape index (κ2) is 8.33. The first-order valence-electron chi connectivity index (χ1n) is 11.1. The predicted octanol–water partition coefficient (Wildman–Crippen LogP) is 6.97. The number of fused-ring (bicyclic) bond motifs is 2. The summed E-state index contributed by atoms with van der Waals surface area (Å²) < 4.78 is 0. The molecule has 6 nitrogen and oxygen atoms in total. The van der Waals surface area contributed by atoms with Crippen LogP contribution in [0.2, 0.25) is 0 Å². The fourth-order valence-electron chi connectivity index (χ4n) is 4.09. The van der Waals surface area contributed by atoms with E-state index in [0.29, 0.717) is 0 Å². The topological polar surface area (TPSA) is 78.5 Å². The van der Waals surface area contributed by atoms with Crippen molar-refractivity contribution >= 4 is 44.7 Å². The minimum atomic E-state index is 0.829. The van der Waals surface area contributed by atoms with Gasteiger partial charge >= 0.3 is 0 Å². The number of aromatic amines is 1. The van der Waals surface area contributed by atoms with Crippen LogP contribution in [0.25, 0.3) is 33.3 Å². The fourth-order valence-corrected chi connectivity index (χ4v) is 4.09. The third-order valence-electron chi connectivity index (χ3n) is 5.76. The standard InChI is InChI=1S/C28H22N6/c1-18-5-7-24-23(15-18)25(11-14-30-24)32-21-4-2-3-19(16-21)28-33-26-8-6-22(17-27(26)34-28)31-20-9-12-29-13-10-20/h2-17H,1H3,(H,29,31)(H,30,32)(H,33,34). The third-order valence-corrected chi connectivity index (χ3v) is 5.76. The van der Waals surface area contributed by atoms with Gasteiger partial charge in [0.25, 0.3) is 0 Å². The number of pyridine rings is 2. The number of nitrogens with one attached hydrogen (secondary N) is 3. The summed E-state index contributed by atoms with van der Waals surface area (Å²) in [6, 6.07) is 26.6. The van der Waals surface area contributed by atoms with Crippen molar-refractivity contribution in [2.45, 2.75) is 6.92 Å². The number of aromatic nitrogens is 4. The van der Waals surface area contributed by atoms with Crippen LogP contribution in [0, 0.1) is 6.92 Å². The van der Waals surface area contributed by atoms with E-state index in [0.717, 1.165) is 56.1 Å². The van der Waals surface area contributed by atoms with Crippen molar-refractivity contribution in [2.24, 2.45) is 0 Å². The maximum Gasteiger partial charge on any atom is 0.138 e. The Bertz CT molecular complexity index is 1620. The van der Waals surface area contributed by atoms with Gasteiger partial charge in [-0.2, -0.15) is 0 Å². The van der Waals surface area contributed by atoms with Gasteiger partial charge in [0, 0.05) is 52.3 Å². The van der Waals surface area contributed by atoms with Gasteiger partial charge < -0.3 is 15.6 Å². The molecule has 34 heavy (non-hydrogen) atoms. The zero-order valence-electron chi connectivity index (χ0n) is 18.6. The second-order valence-corrected chi connectivity index (χ2v) is 8.26. The molecule has 0 fully saturated rings. The van der Waals surface area contributed by atoms with Gasteiger partial charge in [0.05, 0.1) is 16.6 Å². The van der Waals surface area contributed by atoms with Crippen LogP contribution in [-0.4, -0.2) is 19.9 Å². The highest BCUT2D eigenvalue weighted by Crippen LogP contribution is 2.29. The summed E-state index contributed by atoms with van der Waals surface area (Å²) >= 11 is 0. The van der Waals surface area contributed by atoms with Crippen LogP contribution >= 0.6 is 0 Å². The van der Waals surface area contributed by atoms with Gasteiger partial charge in [-0.05, 0) is 67.6 Å². The Hall–Kier alpha value is -4.71. The molecule has 3 N–H and O–H groups in total. The minimum Gasteiger partial charge on any atom is -0.355 e. The molecule has 3 heterocycles. The number of rotatable bonds is 5. The lowest BCUT2D eigenvalue weighted by Crippen LogP contribution is -1.93. The SMILES string of the molecule is Cc1ccc2nccc(Nc3cccc(-c4nc5ccc(Nc6ccncc6)cc5[nH]4)c3)c2c1. The average Bonchev–Trinajstić information content (AvgIpc) is 3.29. The summed E-state index contributed by atoms with van der Waals surface area (Å²) in [6.07, 6.45) is 5.37. The van der Waals surface area contributed by atoms with E-state index in [4.69, 9.17) is 4.98 Å². The molecule has 0 spiro atoms. The molecule has 6 aromatic rings. The number of imidazole rings is 1. The Kier molecular flexibility index (Phi) is 4.88. The highest BCUT2D eigenvalue weighted by Gasteiger charge is 2.09. The number of anilines is 4. The van der Waals surface area contributed by atoms with E-state index >= 15 is 0 Å². The third kappa shape index (κ3) is 3.93. The number of nitrogens with zero attached hydrogens (tertiary/aromatic N) is 3. The Morgan fingerprint density at radius 1 is 0.706 bits per heavy atom.